The van der Waals surface area contributed by atoms with Crippen LogP contribution < -0.4 is 10.2 Å². The Balaban J connectivity index is 1.88. The van der Waals surface area contributed by atoms with Crippen molar-refractivity contribution in [3.63, 3.8) is 0 Å². The van der Waals surface area contributed by atoms with Gasteiger partial charge < -0.3 is 10.2 Å². The number of hydrogen-bond acceptors (Lipinski definition) is 3. The average molecular weight is 256 g/mol. The van der Waals surface area contributed by atoms with Crippen molar-refractivity contribution < 1.29 is 0 Å². The molecule has 4 heteroatoms. The zero-order valence-corrected chi connectivity index (χ0v) is 11.6. The van der Waals surface area contributed by atoms with E-state index in [4.69, 9.17) is 0 Å². The summed E-state index contributed by atoms with van der Waals surface area (Å²) in [6.07, 6.45) is 0. The largest absolute Gasteiger partial charge is 0.382 e. The molecule has 1 aromatic carbocycles. The fourth-order valence-electron chi connectivity index (χ4n) is 2.70. The molecule has 0 bridgehead atoms. The molecule has 4 nitrogen and oxygen atoms in total. The van der Waals surface area contributed by atoms with Crippen LogP contribution in [0.4, 0.5) is 11.4 Å². The molecule has 0 unspecified atom stereocenters. The maximum atomic E-state index is 4.52. The van der Waals surface area contributed by atoms with Crippen LogP contribution in [-0.4, -0.2) is 22.9 Å². The summed E-state index contributed by atoms with van der Waals surface area (Å²) >= 11 is 0. The van der Waals surface area contributed by atoms with E-state index in [0.717, 1.165) is 31.9 Å². The Hall–Kier alpha value is -1.97. The van der Waals surface area contributed by atoms with Crippen molar-refractivity contribution in [3.05, 3.63) is 41.7 Å². The summed E-state index contributed by atoms with van der Waals surface area (Å²) in [6, 6.07) is 10.7. The molecular formula is C15H20N4. The summed E-state index contributed by atoms with van der Waals surface area (Å²) in [5, 5.41) is 7.97. The fourth-order valence-corrected chi connectivity index (χ4v) is 2.70. The average Bonchev–Trinajstić information content (AvgIpc) is 2.79. The summed E-state index contributed by atoms with van der Waals surface area (Å²) in [5.41, 5.74) is 4.90. The molecule has 3 rings (SSSR count). The molecule has 0 atom stereocenters. The molecule has 1 aromatic heterocycles. The second-order valence-electron chi connectivity index (χ2n) is 4.96. The van der Waals surface area contributed by atoms with Gasteiger partial charge in [-0.2, -0.15) is 5.10 Å². The van der Waals surface area contributed by atoms with E-state index < -0.39 is 0 Å². The van der Waals surface area contributed by atoms with Gasteiger partial charge in [0.25, 0.3) is 0 Å². The van der Waals surface area contributed by atoms with Crippen molar-refractivity contribution in [2.75, 3.05) is 23.3 Å². The lowest BCUT2D eigenvalue weighted by Gasteiger charge is -2.32. The van der Waals surface area contributed by atoms with Crippen LogP contribution >= 0.6 is 0 Å². The van der Waals surface area contributed by atoms with E-state index in [1.54, 1.807) is 0 Å². The molecule has 19 heavy (non-hydrogen) atoms. The second-order valence-corrected chi connectivity index (χ2v) is 4.96. The predicted molar refractivity (Wildman–Crippen MR) is 78.6 cm³/mol. The monoisotopic (exact) mass is 256 g/mol. The first-order chi connectivity index (χ1) is 9.28. The number of fused-ring (bicyclic) bond motifs is 1. The van der Waals surface area contributed by atoms with Gasteiger partial charge in [0.05, 0.1) is 29.3 Å². The van der Waals surface area contributed by atoms with Crippen molar-refractivity contribution in [1.82, 2.24) is 9.78 Å². The Morgan fingerprint density at radius 3 is 3.00 bits per heavy atom. The number of rotatable bonds is 3. The fraction of sp³-hybridized carbons (Fsp3) is 0.400. The minimum Gasteiger partial charge on any atom is -0.382 e. The standard InChI is InChI=1S/C15H20N4/c1-3-19-13(10-12(2)17-19)11-18-9-8-16-14-6-4-5-7-15(14)18/h4-7,10,16H,3,8-9,11H2,1-2H3. The lowest BCUT2D eigenvalue weighted by Crippen LogP contribution is -2.34. The lowest BCUT2D eigenvalue weighted by molar-refractivity contribution is 0.605. The normalized spacial score (nSPS) is 14.1. The Morgan fingerprint density at radius 2 is 2.16 bits per heavy atom. The highest BCUT2D eigenvalue weighted by molar-refractivity contribution is 5.71. The highest BCUT2D eigenvalue weighted by Crippen LogP contribution is 2.29. The van der Waals surface area contributed by atoms with Gasteiger partial charge in [0, 0.05) is 19.6 Å². The topological polar surface area (TPSA) is 33.1 Å². The van der Waals surface area contributed by atoms with Gasteiger partial charge in [0.2, 0.25) is 0 Å². The Bertz CT molecular complexity index is 573. The van der Waals surface area contributed by atoms with E-state index in [0.29, 0.717) is 0 Å². The van der Waals surface area contributed by atoms with Crippen molar-refractivity contribution >= 4 is 11.4 Å². The first kappa shape index (κ1) is 12.1. The molecule has 0 aliphatic carbocycles. The molecular weight excluding hydrogens is 236 g/mol. The maximum Gasteiger partial charge on any atom is 0.0606 e. The third kappa shape index (κ3) is 2.30. The molecule has 1 aliphatic heterocycles. The zero-order chi connectivity index (χ0) is 13.2. The molecule has 0 saturated heterocycles. The van der Waals surface area contributed by atoms with Gasteiger partial charge in [-0.05, 0) is 32.0 Å². The number of anilines is 2. The third-order valence-corrected chi connectivity index (χ3v) is 3.58. The summed E-state index contributed by atoms with van der Waals surface area (Å²) < 4.78 is 2.10. The number of benzene rings is 1. The van der Waals surface area contributed by atoms with E-state index in [1.165, 1.54) is 17.1 Å². The predicted octanol–water partition coefficient (Wildman–Crippen LogP) is 2.64. The molecule has 0 amide bonds. The number of nitrogens with one attached hydrogen (secondary N) is 1. The molecule has 0 spiro atoms. The minimum atomic E-state index is 0.924. The number of aryl methyl sites for hydroxylation is 2. The van der Waals surface area contributed by atoms with Crippen LogP contribution in [0.5, 0.6) is 0 Å². The van der Waals surface area contributed by atoms with Crippen LogP contribution in [0.1, 0.15) is 18.3 Å². The van der Waals surface area contributed by atoms with Gasteiger partial charge in [-0.3, -0.25) is 4.68 Å². The van der Waals surface area contributed by atoms with Crippen LogP contribution in [0.25, 0.3) is 0 Å². The first-order valence-electron chi connectivity index (χ1n) is 6.89. The molecule has 0 radical (unpaired) electrons. The van der Waals surface area contributed by atoms with Gasteiger partial charge >= 0.3 is 0 Å². The summed E-state index contributed by atoms with van der Waals surface area (Å²) in [6.45, 7) is 8.08. The maximum absolute atomic E-state index is 4.52. The smallest absolute Gasteiger partial charge is 0.0606 e. The Morgan fingerprint density at radius 1 is 1.32 bits per heavy atom. The van der Waals surface area contributed by atoms with Crippen LogP contribution in [0.3, 0.4) is 0 Å². The van der Waals surface area contributed by atoms with E-state index in [9.17, 15) is 0 Å². The van der Waals surface area contributed by atoms with Crippen LogP contribution in [0, 0.1) is 6.92 Å². The molecule has 100 valence electrons. The highest BCUT2D eigenvalue weighted by atomic mass is 15.3. The summed E-state index contributed by atoms with van der Waals surface area (Å²) in [5.74, 6) is 0. The highest BCUT2D eigenvalue weighted by Gasteiger charge is 2.17. The second kappa shape index (κ2) is 4.96. The molecule has 0 fully saturated rings. The zero-order valence-electron chi connectivity index (χ0n) is 11.6. The number of aromatic nitrogens is 2. The van der Waals surface area contributed by atoms with Gasteiger partial charge in [-0.1, -0.05) is 12.1 Å². The van der Waals surface area contributed by atoms with Crippen LogP contribution in [0.2, 0.25) is 0 Å². The van der Waals surface area contributed by atoms with E-state index in [1.807, 2.05) is 0 Å². The Kier molecular flexibility index (Phi) is 3.15. The van der Waals surface area contributed by atoms with E-state index in [2.05, 4.69) is 64.2 Å². The number of nitrogens with zero attached hydrogens (tertiary/aromatic N) is 3. The quantitative estimate of drug-likeness (QED) is 0.916. The SMILES string of the molecule is CCn1nc(C)cc1CN1CCNc2ccccc21. The first-order valence-corrected chi connectivity index (χ1v) is 6.89. The van der Waals surface area contributed by atoms with Crippen molar-refractivity contribution in [2.45, 2.75) is 26.9 Å². The molecule has 1 aliphatic rings. The third-order valence-electron chi connectivity index (χ3n) is 3.58. The molecule has 2 heterocycles. The summed E-state index contributed by atoms with van der Waals surface area (Å²) in [7, 11) is 0. The summed E-state index contributed by atoms with van der Waals surface area (Å²) in [4.78, 5) is 2.43. The molecule has 1 N–H and O–H groups in total. The Labute approximate surface area is 114 Å². The van der Waals surface area contributed by atoms with E-state index >= 15 is 0 Å². The van der Waals surface area contributed by atoms with Crippen molar-refractivity contribution in [3.8, 4) is 0 Å². The van der Waals surface area contributed by atoms with Gasteiger partial charge in [0.15, 0.2) is 0 Å². The molecule has 2 aromatic rings. The number of hydrogen-bond donors (Lipinski definition) is 1. The van der Waals surface area contributed by atoms with Crippen LogP contribution in [-0.2, 0) is 13.1 Å². The van der Waals surface area contributed by atoms with Gasteiger partial charge in [0.1, 0.15) is 0 Å². The molecule has 0 saturated carbocycles. The van der Waals surface area contributed by atoms with Crippen molar-refractivity contribution in [2.24, 2.45) is 0 Å². The van der Waals surface area contributed by atoms with Gasteiger partial charge in [-0.15, -0.1) is 0 Å². The number of para-hydroxylation sites is 2. The lowest BCUT2D eigenvalue weighted by atomic mass is 10.2. The van der Waals surface area contributed by atoms with E-state index in [-0.39, 0.29) is 0 Å². The van der Waals surface area contributed by atoms with Crippen molar-refractivity contribution in [1.29, 1.82) is 0 Å². The minimum absolute atomic E-state index is 0.924. The van der Waals surface area contributed by atoms with Gasteiger partial charge in [-0.25, -0.2) is 0 Å². The van der Waals surface area contributed by atoms with Crippen LogP contribution in [0.15, 0.2) is 30.3 Å².